The molecule has 0 saturated heterocycles. The number of ketones is 1. The highest BCUT2D eigenvalue weighted by Gasteiger charge is 2.48. The van der Waals surface area contributed by atoms with Crippen molar-refractivity contribution in [2.24, 2.45) is 17.3 Å². The molecule has 1 saturated carbocycles. The summed E-state index contributed by atoms with van der Waals surface area (Å²) >= 11 is 0. The summed E-state index contributed by atoms with van der Waals surface area (Å²) in [4.78, 5) is 11.6. The van der Waals surface area contributed by atoms with E-state index in [1.807, 2.05) is 0 Å². The van der Waals surface area contributed by atoms with Gasteiger partial charge in [-0.1, -0.05) is 25.5 Å². The molecule has 0 aromatic rings. The summed E-state index contributed by atoms with van der Waals surface area (Å²) in [6, 6.07) is 0. The van der Waals surface area contributed by atoms with Crippen LogP contribution in [0.4, 0.5) is 0 Å². The van der Waals surface area contributed by atoms with Gasteiger partial charge in [-0.2, -0.15) is 0 Å². The van der Waals surface area contributed by atoms with Gasteiger partial charge >= 0.3 is 0 Å². The van der Waals surface area contributed by atoms with Crippen LogP contribution in [0.15, 0.2) is 11.6 Å². The van der Waals surface area contributed by atoms with Crippen LogP contribution in [0.2, 0.25) is 0 Å². The van der Waals surface area contributed by atoms with Crippen molar-refractivity contribution >= 4 is 5.78 Å². The summed E-state index contributed by atoms with van der Waals surface area (Å²) in [5, 5.41) is 0. The highest BCUT2D eigenvalue weighted by Crippen LogP contribution is 2.55. The van der Waals surface area contributed by atoms with E-state index in [4.69, 9.17) is 0 Å². The highest BCUT2D eigenvalue weighted by atomic mass is 16.1. The van der Waals surface area contributed by atoms with Gasteiger partial charge in [0.2, 0.25) is 0 Å². The van der Waals surface area contributed by atoms with E-state index in [1.165, 1.54) is 12.0 Å². The molecule has 0 amide bonds. The number of carbonyl (C=O) groups is 1. The zero-order valence-corrected chi connectivity index (χ0v) is 9.47. The molecule has 2 aliphatic carbocycles. The first-order valence-corrected chi connectivity index (χ1v) is 5.76. The maximum Gasteiger partial charge on any atom is 0.133 e. The van der Waals surface area contributed by atoms with Crippen LogP contribution in [0.5, 0.6) is 0 Å². The Bertz CT molecular complexity index is 288. The van der Waals surface area contributed by atoms with Gasteiger partial charge in [0.05, 0.1) is 0 Å². The van der Waals surface area contributed by atoms with Crippen molar-refractivity contribution < 1.29 is 4.79 Å². The second-order valence-electron chi connectivity index (χ2n) is 5.27. The maximum absolute atomic E-state index is 11.6. The Labute approximate surface area is 86.6 Å². The van der Waals surface area contributed by atoms with Gasteiger partial charge in [-0.25, -0.2) is 0 Å². The number of allylic oxidation sites excluding steroid dienone is 2. The normalized spacial score (nSPS) is 37.3. The minimum Gasteiger partial charge on any atom is -0.300 e. The van der Waals surface area contributed by atoms with Gasteiger partial charge in [0.15, 0.2) is 0 Å². The monoisotopic (exact) mass is 192 g/mol. The molecule has 0 radical (unpaired) electrons. The third-order valence-electron chi connectivity index (χ3n) is 4.46. The fraction of sp³-hybridized carbons (Fsp3) is 0.769. The molecule has 14 heavy (non-hydrogen) atoms. The SMILES string of the molecule is CC1=CC[C@@H]2CCC(=O)C[C@]12C(C)C. The Morgan fingerprint density at radius 2 is 2.21 bits per heavy atom. The molecular weight excluding hydrogens is 172 g/mol. The summed E-state index contributed by atoms with van der Waals surface area (Å²) in [6.45, 7) is 6.76. The average molecular weight is 192 g/mol. The van der Waals surface area contributed by atoms with Crippen molar-refractivity contribution in [2.45, 2.75) is 46.5 Å². The quantitative estimate of drug-likeness (QED) is 0.582. The zero-order chi connectivity index (χ0) is 10.3. The lowest BCUT2D eigenvalue weighted by Gasteiger charge is -2.44. The molecule has 2 rings (SSSR count). The van der Waals surface area contributed by atoms with Crippen LogP contribution in [-0.2, 0) is 4.79 Å². The van der Waals surface area contributed by atoms with E-state index in [1.54, 1.807) is 0 Å². The minimum atomic E-state index is 0.231. The number of fused-ring (bicyclic) bond motifs is 1. The first-order valence-electron chi connectivity index (χ1n) is 5.76. The molecule has 0 bridgehead atoms. The number of carbonyl (C=O) groups excluding carboxylic acids is 1. The molecule has 1 heteroatoms. The Kier molecular flexibility index (Phi) is 2.29. The molecule has 1 nitrogen and oxygen atoms in total. The van der Waals surface area contributed by atoms with Crippen LogP contribution in [0.3, 0.4) is 0 Å². The number of rotatable bonds is 1. The molecule has 0 N–H and O–H groups in total. The van der Waals surface area contributed by atoms with E-state index >= 15 is 0 Å². The van der Waals surface area contributed by atoms with Gasteiger partial charge < -0.3 is 0 Å². The lowest BCUT2D eigenvalue weighted by atomic mass is 9.59. The zero-order valence-electron chi connectivity index (χ0n) is 9.47. The Hall–Kier alpha value is -0.590. The predicted molar refractivity (Wildman–Crippen MR) is 58.0 cm³/mol. The summed E-state index contributed by atoms with van der Waals surface area (Å²) in [5.41, 5.74) is 1.71. The molecule has 0 aromatic heterocycles. The van der Waals surface area contributed by atoms with Gasteiger partial charge in [-0.15, -0.1) is 0 Å². The maximum atomic E-state index is 11.6. The van der Waals surface area contributed by atoms with Crippen LogP contribution in [0, 0.1) is 17.3 Å². The Balaban J connectivity index is 2.36. The number of hydrogen-bond acceptors (Lipinski definition) is 1. The van der Waals surface area contributed by atoms with Gasteiger partial charge in [-0.3, -0.25) is 4.79 Å². The fourth-order valence-corrected chi connectivity index (χ4v) is 3.58. The number of Topliss-reactive ketones (excluding diaryl/α,β-unsaturated/α-hetero) is 1. The first kappa shape index (κ1) is 9.95. The summed E-state index contributed by atoms with van der Waals surface area (Å²) in [6.07, 6.45) is 6.31. The molecule has 78 valence electrons. The summed E-state index contributed by atoms with van der Waals surface area (Å²) < 4.78 is 0. The first-order chi connectivity index (χ1) is 6.57. The van der Waals surface area contributed by atoms with Crippen LogP contribution < -0.4 is 0 Å². The molecule has 0 spiro atoms. The van der Waals surface area contributed by atoms with Crippen molar-refractivity contribution in [3.63, 3.8) is 0 Å². The van der Waals surface area contributed by atoms with Crippen LogP contribution in [0.25, 0.3) is 0 Å². The van der Waals surface area contributed by atoms with E-state index in [-0.39, 0.29) is 5.41 Å². The lowest BCUT2D eigenvalue weighted by Crippen LogP contribution is -2.39. The Morgan fingerprint density at radius 1 is 1.50 bits per heavy atom. The predicted octanol–water partition coefficient (Wildman–Crippen LogP) is 3.35. The van der Waals surface area contributed by atoms with Crippen LogP contribution in [-0.4, -0.2) is 5.78 Å². The van der Waals surface area contributed by atoms with Crippen molar-refractivity contribution in [1.29, 1.82) is 0 Å². The molecule has 0 unspecified atom stereocenters. The average Bonchev–Trinajstić information content (AvgIpc) is 2.45. The third-order valence-corrected chi connectivity index (χ3v) is 4.46. The van der Waals surface area contributed by atoms with Crippen molar-refractivity contribution in [3.8, 4) is 0 Å². The van der Waals surface area contributed by atoms with Gasteiger partial charge in [-0.05, 0) is 31.6 Å². The van der Waals surface area contributed by atoms with E-state index in [9.17, 15) is 4.79 Å². The van der Waals surface area contributed by atoms with E-state index in [0.717, 1.165) is 25.2 Å². The second-order valence-corrected chi connectivity index (χ2v) is 5.27. The van der Waals surface area contributed by atoms with Crippen molar-refractivity contribution in [1.82, 2.24) is 0 Å². The van der Waals surface area contributed by atoms with E-state index in [0.29, 0.717) is 11.7 Å². The van der Waals surface area contributed by atoms with Crippen LogP contribution in [0.1, 0.15) is 46.5 Å². The smallest absolute Gasteiger partial charge is 0.133 e. The summed E-state index contributed by atoms with van der Waals surface area (Å²) in [7, 11) is 0. The molecule has 1 fully saturated rings. The van der Waals surface area contributed by atoms with Gasteiger partial charge in [0.25, 0.3) is 0 Å². The standard InChI is InChI=1S/C13H20O/c1-9(2)13-8-12(14)7-6-11(13)5-4-10(13)3/h4,9,11H,5-8H2,1-3H3/t11-,13+/m1/s1. The molecule has 2 aliphatic rings. The second kappa shape index (κ2) is 3.22. The molecule has 0 aromatic carbocycles. The van der Waals surface area contributed by atoms with Crippen molar-refractivity contribution in [3.05, 3.63) is 11.6 Å². The lowest BCUT2D eigenvalue weighted by molar-refractivity contribution is -0.125. The van der Waals surface area contributed by atoms with Crippen LogP contribution >= 0.6 is 0 Å². The highest BCUT2D eigenvalue weighted by molar-refractivity contribution is 5.81. The largest absolute Gasteiger partial charge is 0.300 e. The van der Waals surface area contributed by atoms with E-state index in [2.05, 4.69) is 26.8 Å². The summed E-state index contributed by atoms with van der Waals surface area (Å²) in [5.74, 6) is 1.83. The number of hydrogen-bond donors (Lipinski definition) is 0. The van der Waals surface area contributed by atoms with E-state index < -0.39 is 0 Å². The molecule has 0 heterocycles. The molecule has 2 atom stereocenters. The van der Waals surface area contributed by atoms with Gasteiger partial charge in [0.1, 0.15) is 5.78 Å². The fourth-order valence-electron chi connectivity index (χ4n) is 3.58. The minimum absolute atomic E-state index is 0.231. The Morgan fingerprint density at radius 3 is 2.86 bits per heavy atom. The van der Waals surface area contributed by atoms with Gasteiger partial charge in [0, 0.05) is 18.3 Å². The topological polar surface area (TPSA) is 17.1 Å². The molecular formula is C13H20O. The third kappa shape index (κ3) is 1.18. The molecule has 0 aliphatic heterocycles. The van der Waals surface area contributed by atoms with Crippen molar-refractivity contribution in [2.75, 3.05) is 0 Å².